The molecule has 1 saturated heterocycles. The fourth-order valence-electron chi connectivity index (χ4n) is 4.92. The second kappa shape index (κ2) is 5.63. The van der Waals surface area contributed by atoms with E-state index in [2.05, 4.69) is 16.7 Å². The molecule has 1 spiro atoms. The standard InChI is InChI=1S/C20H22N2O3/c23-19(13-5-9-24-12-13)22-15-4-1-3-14(11-15)21-17-16-6-10-25-18(16)20(17)7-2-8-20/h1,3-5,9,11-12,16-18,21H,2,6-8,10H2,(H,22,23)/t16-,17-,18+/m1/s1. The van der Waals surface area contributed by atoms with Crippen molar-refractivity contribution >= 4 is 17.3 Å². The summed E-state index contributed by atoms with van der Waals surface area (Å²) in [6, 6.07) is 10.1. The van der Waals surface area contributed by atoms with Gasteiger partial charge in [0.15, 0.2) is 0 Å². The van der Waals surface area contributed by atoms with E-state index in [1.807, 2.05) is 18.2 Å². The summed E-state index contributed by atoms with van der Waals surface area (Å²) >= 11 is 0. The van der Waals surface area contributed by atoms with Crippen LogP contribution < -0.4 is 10.6 Å². The molecule has 2 aromatic rings. The molecule has 1 aromatic heterocycles. The van der Waals surface area contributed by atoms with Crippen LogP contribution in [0.25, 0.3) is 0 Å². The summed E-state index contributed by atoms with van der Waals surface area (Å²) in [7, 11) is 0. The number of amides is 1. The zero-order valence-electron chi connectivity index (χ0n) is 14.0. The van der Waals surface area contributed by atoms with E-state index in [1.165, 1.54) is 31.8 Å². The van der Waals surface area contributed by atoms with Crippen molar-refractivity contribution < 1.29 is 13.9 Å². The van der Waals surface area contributed by atoms with Crippen LogP contribution in [0.4, 0.5) is 11.4 Å². The second-order valence-electron chi connectivity index (χ2n) is 7.50. The van der Waals surface area contributed by atoms with Crippen LogP contribution in [0.5, 0.6) is 0 Å². The number of anilines is 2. The largest absolute Gasteiger partial charge is 0.472 e. The molecule has 3 fully saturated rings. The van der Waals surface area contributed by atoms with Crippen LogP contribution in [0, 0.1) is 11.3 Å². The first kappa shape index (κ1) is 15.0. The number of furan rings is 1. The third-order valence-corrected chi connectivity index (χ3v) is 6.26. The maximum Gasteiger partial charge on any atom is 0.258 e. The monoisotopic (exact) mass is 338 g/mol. The van der Waals surface area contributed by atoms with Gasteiger partial charge >= 0.3 is 0 Å². The number of benzene rings is 1. The van der Waals surface area contributed by atoms with E-state index in [9.17, 15) is 4.79 Å². The molecule has 5 nitrogen and oxygen atoms in total. The van der Waals surface area contributed by atoms with Crippen LogP contribution in [-0.4, -0.2) is 24.7 Å². The average Bonchev–Trinajstić information content (AvgIpc) is 3.22. The molecule has 2 aliphatic carbocycles. The lowest BCUT2D eigenvalue weighted by atomic mass is 9.46. The molecular weight excluding hydrogens is 316 g/mol. The number of carbonyl (C=O) groups is 1. The number of fused-ring (bicyclic) bond motifs is 2. The summed E-state index contributed by atoms with van der Waals surface area (Å²) in [6.45, 7) is 0.899. The fourth-order valence-corrected chi connectivity index (χ4v) is 4.92. The maximum absolute atomic E-state index is 12.2. The van der Waals surface area contributed by atoms with Gasteiger partial charge < -0.3 is 19.8 Å². The lowest BCUT2D eigenvalue weighted by Crippen LogP contribution is -2.68. The summed E-state index contributed by atoms with van der Waals surface area (Å²) in [4.78, 5) is 12.2. The van der Waals surface area contributed by atoms with Gasteiger partial charge in [0.2, 0.25) is 0 Å². The Bertz CT molecular complexity index is 782. The molecule has 3 atom stereocenters. The van der Waals surface area contributed by atoms with Crippen molar-refractivity contribution in [3.63, 3.8) is 0 Å². The summed E-state index contributed by atoms with van der Waals surface area (Å²) < 4.78 is 11.0. The highest BCUT2D eigenvalue weighted by molar-refractivity contribution is 6.04. The zero-order chi connectivity index (χ0) is 16.9. The van der Waals surface area contributed by atoms with Crippen molar-refractivity contribution in [3.8, 4) is 0 Å². The van der Waals surface area contributed by atoms with Crippen LogP contribution in [0.1, 0.15) is 36.0 Å². The van der Waals surface area contributed by atoms with Crippen molar-refractivity contribution in [2.24, 2.45) is 11.3 Å². The predicted molar refractivity (Wildman–Crippen MR) is 94.6 cm³/mol. The van der Waals surface area contributed by atoms with Crippen molar-refractivity contribution in [2.45, 2.75) is 37.8 Å². The van der Waals surface area contributed by atoms with E-state index in [1.54, 1.807) is 6.07 Å². The summed E-state index contributed by atoms with van der Waals surface area (Å²) in [5.41, 5.74) is 2.72. The van der Waals surface area contributed by atoms with Gasteiger partial charge in [-0.1, -0.05) is 12.5 Å². The lowest BCUT2D eigenvalue weighted by Gasteiger charge is -2.63. The molecule has 5 rings (SSSR count). The molecule has 0 unspecified atom stereocenters. The minimum atomic E-state index is -0.158. The fraction of sp³-hybridized carbons (Fsp3) is 0.450. The molecule has 5 heteroatoms. The van der Waals surface area contributed by atoms with Crippen LogP contribution in [0.2, 0.25) is 0 Å². The van der Waals surface area contributed by atoms with E-state index >= 15 is 0 Å². The molecule has 2 N–H and O–H groups in total. The van der Waals surface area contributed by atoms with E-state index < -0.39 is 0 Å². The molecule has 130 valence electrons. The van der Waals surface area contributed by atoms with Crippen LogP contribution in [0.3, 0.4) is 0 Å². The normalized spacial score (nSPS) is 28.7. The SMILES string of the molecule is O=C(Nc1cccc(N[C@@H]2[C@H]3CCO[C@@H]3C23CCC3)c1)c1ccoc1. The molecule has 3 aliphatic rings. The smallest absolute Gasteiger partial charge is 0.258 e. The van der Waals surface area contributed by atoms with Gasteiger partial charge in [-0.05, 0) is 43.5 Å². The zero-order valence-corrected chi connectivity index (χ0v) is 14.0. The lowest BCUT2D eigenvalue weighted by molar-refractivity contribution is -0.158. The van der Waals surface area contributed by atoms with E-state index in [0.29, 0.717) is 29.0 Å². The summed E-state index contributed by atoms with van der Waals surface area (Å²) in [5, 5.41) is 6.67. The highest BCUT2D eigenvalue weighted by Crippen LogP contribution is 2.63. The molecule has 0 bridgehead atoms. The number of hydrogen-bond donors (Lipinski definition) is 2. The van der Waals surface area contributed by atoms with Crippen molar-refractivity contribution in [2.75, 3.05) is 17.2 Å². The van der Waals surface area contributed by atoms with Crippen molar-refractivity contribution in [1.82, 2.24) is 0 Å². The van der Waals surface area contributed by atoms with Gasteiger partial charge in [0.1, 0.15) is 6.26 Å². The Hall–Kier alpha value is -2.27. The Labute approximate surface area is 146 Å². The Balaban J connectivity index is 1.31. The molecule has 1 aliphatic heterocycles. The quantitative estimate of drug-likeness (QED) is 0.887. The Morgan fingerprint density at radius 3 is 2.84 bits per heavy atom. The number of carbonyl (C=O) groups excluding carboxylic acids is 1. The van der Waals surface area contributed by atoms with Crippen molar-refractivity contribution in [1.29, 1.82) is 0 Å². The highest BCUT2D eigenvalue weighted by atomic mass is 16.5. The molecule has 1 amide bonds. The number of hydrogen-bond acceptors (Lipinski definition) is 4. The van der Waals surface area contributed by atoms with E-state index in [0.717, 1.165) is 24.4 Å². The van der Waals surface area contributed by atoms with Gasteiger partial charge in [-0.2, -0.15) is 0 Å². The van der Waals surface area contributed by atoms with Crippen LogP contribution in [-0.2, 0) is 4.74 Å². The van der Waals surface area contributed by atoms with Crippen LogP contribution in [0.15, 0.2) is 47.3 Å². The second-order valence-corrected chi connectivity index (χ2v) is 7.50. The maximum atomic E-state index is 12.2. The molecule has 1 aromatic carbocycles. The van der Waals surface area contributed by atoms with Gasteiger partial charge in [0.25, 0.3) is 5.91 Å². The van der Waals surface area contributed by atoms with Crippen LogP contribution >= 0.6 is 0 Å². The number of rotatable bonds is 4. The minimum Gasteiger partial charge on any atom is -0.472 e. The van der Waals surface area contributed by atoms with Crippen molar-refractivity contribution in [3.05, 3.63) is 48.4 Å². The predicted octanol–water partition coefficient (Wildman–Crippen LogP) is 3.90. The first-order valence-corrected chi connectivity index (χ1v) is 9.08. The molecular formula is C20H22N2O3. The van der Waals surface area contributed by atoms with Gasteiger partial charge in [-0.3, -0.25) is 4.79 Å². The Morgan fingerprint density at radius 1 is 1.20 bits per heavy atom. The highest BCUT2D eigenvalue weighted by Gasteiger charge is 2.66. The van der Waals surface area contributed by atoms with E-state index in [-0.39, 0.29) is 5.91 Å². The Kier molecular flexibility index (Phi) is 3.38. The minimum absolute atomic E-state index is 0.158. The number of nitrogens with one attached hydrogen (secondary N) is 2. The first-order chi connectivity index (χ1) is 12.3. The van der Waals surface area contributed by atoms with Gasteiger partial charge in [-0.15, -0.1) is 0 Å². The molecule has 2 heterocycles. The van der Waals surface area contributed by atoms with E-state index in [4.69, 9.17) is 9.15 Å². The van der Waals surface area contributed by atoms with Gasteiger partial charge in [0.05, 0.1) is 17.9 Å². The third kappa shape index (κ3) is 2.29. The third-order valence-electron chi connectivity index (χ3n) is 6.26. The summed E-state index contributed by atoms with van der Waals surface area (Å²) in [5.74, 6) is 0.471. The topological polar surface area (TPSA) is 63.5 Å². The number of ether oxygens (including phenoxy) is 1. The Morgan fingerprint density at radius 2 is 2.08 bits per heavy atom. The van der Waals surface area contributed by atoms with Gasteiger partial charge in [-0.25, -0.2) is 0 Å². The first-order valence-electron chi connectivity index (χ1n) is 9.08. The van der Waals surface area contributed by atoms with Gasteiger partial charge in [0, 0.05) is 35.4 Å². The summed E-state index contributed by atoms with van der Waals surface area (Å²) in [6.07, 6.45) is 8.41. The molecule has 2 saturated carbocycles. The molecule has 25 heavy (non-hydrogen) atoms. The molecule has 0 radical (unpaired) electrons. The average molecular weight is 338 g/mol.